The van der Waals surface area contributed by atoms with Crippen LogP contribution in [-0.4, -0.2) is 21.9 Å². The molecule has 7 heteroatoms. The van der Waals surface area contributed by atoms with Crippen LogP contribution in [0.1, 0.15) is 69.4 Å². The number of phenols is 1. The summed E-state index contributed by atoms with van der Waals surface area (Å²) in [7, 11) is 0. The number of ether oxygens (including phenoxy) is 1. The minimum absolute atomic E-state index is 0.0355. The van der Waals surface area contributed by atoms with Gasteiger partial charge in [-0.1, -0.05) is 47.6 Å². The topological polar surface area (TPSA) is 102 Å². The van der Waals surface area contributed by atoms with Crippen molar-refractivity contribution in [1.82, 2.24) is 0 Å². The summed E-state index contributed by atoms with van der Waals surface area (Å²) >= 11 is 0. The summed E-state index contributed by atoms with van der Waals surface area (Å²) < 4.78 is 5.34. The number of carbonyl (C=O) groups is 1. The van der Waals surface area contributed by atoms with Crippen LogP contribution in [0.5, 0.6) is 5.75 Å². The van der Waals surface area contributed by atoms with Crippen molar-refractivity contribution in [3.63, 3.8) is 0 Å². The normalized spacial score (nSPS) is 15.7. The number of nitro benzene ring substituents is 1. The molecule has 1 heterocycles. The third kappa shape index (κ3) is 4.42. The van der Waals surface area contributed by atoms with Crippen LogP contribution in [-0.2, 0) is 20.4 Å². The van der Waals surface area contributed by atoms with E-state index in [1.54, 1.807) is 19.1 Å². The van der Waals surface area contributed by atoms with E-state index in [4.69, 9.17) is 4.74 Å². The Morgan fingerprint density at radius 2 is 1.62 bits per heavy atom. The van der Waals surface area contributed by atoms with Crippen LogP contribution in [0.2, 0.25) is 0 Å². The molecule has 2 aromatic carbocycles. The van der Waals surface area contributed by atoms with Gasteiger partial charge in [0.1, 0.15) is 5.75 Å². The summed E-state index contributed by atoms with van der Waals surface area (Å²) in [4.78, 5) is 27.6. The summed E-state index contributed by atoms with van der Waals surface area (Å²) in [6.45, 7) is 13.7. The first-order valence-electron chi connectivity index (χ1n) is 10.3. The Morgan fingerprint density at radius 1 is 1.06 bits per heavy atom. The van der Waals surface area contributed by atoms with Gasteiger partial charge in [-0.2, -0.15) is 0 Å². The first-order valence-corrected chi connectivity index (χ1v) is 10.3. The third-order valence-electron chi connectivity index (χ3n) is 5.40. The van der Waals surface area contributed by atoms with Crippen molar-refractivity contribution in [2.45, 2.75) is 59.3 Å². The Bertz CT molecular complexity index is 1140. The molecule has 0 fully saturated rings. The number of benzene rings is 2. The Balaban J connectivity index is 2.13. The molecule has 3 rings (SSSR count). The minimum atomic E-state index is -0.631. The molecule has 0 bridgehead atoms. The van der Waals surface area contributed by atoms with E-state index in [9.17, 15) is 20.0 Å². The monoisotopic (exact) mass is 436 g/mol. The molecule has 32 heavy (non-hydrogen) atoms. The van der Waals surface area contributed by atoms with E-state index in [0.717, 1.165) is 11.1 Å². The summed E-state index contributed by atoms with van der Waals surface area (Å²) in [5.41, 5.74) is 2.41. The molecule has 0 saturated heterocycles. The molecule has 1 aliphatic rings. The number of esters is 1. The molecule has 7 nitrogen and oxygen atoms in total. The van der Waals surface area contributed by atoms with Gasteiger partial charge in [0.05, 0.1) is 4.92 Å². The lowest BCUT2D eigenvalue weighted by Crippen LogP contribution is -2.17. The first kappa shape index (κ1) is 23.2. The fourth-order valence-electron chi connectivity index (χ4n) is 3.62. The summed E-state index contributed by atoms with van der Waals surface area (Å²) in [5.74, 6) is -0.348. The molecule has 0 spiro atoms. The number of hydrogen-bond donors (Lipinski definition) is 1. The standard InChI is InChI=1S/C25H28N2O5/c1-14-16(9-8-10-20(14)27(30)31)22-26-19(23(29)32-22)13-15-11-17(24(2,3)4)21(28)18(12-15)25(5,6)7/h8-13,28H,1-7H3/b19-13-. The third-order valence-corrected chi connectivity index (χ3v) is 5.40. The van der Waals surface area contributed by atoms with Crippen molar-refractivity contribution in [3.8, 4) is 5.75 Å². The van der Waals surface area contributed by atoms with E-state index in [1.807, 2.05) is 53.7 Å². The van der Waals surface area contributed by atoms with Crippen LogP contribution in [0.15, 0.2) is 41.0 Å². The number of nitro groups is 1. The Hall–Kier alpha value is -3.48. The molecule has 2 aromatic rings. The number of aliphatic imine (C=N–C) groups is 1. The Morgan fingerprint density at radius 3 is 2.12 bits per heavy atom. The average molecular weight is 437 g/mol. The van der Waals surface area contributed by atoms with Crippen molar-refractivity contribution in [1.29, 1.82) is 0 Å². The molecule has 1 aliphatic heterocycles. The van der Waals surface area contributed by atoms with Crippen LogP contribution in [0.25, 0.3) is 6.08 Å². The van der Waals surface area contributed by atoms with E-state index < -0.39 is 10.9 Å². The van der Waals surface area contributed by atoms with Gasteiger partial charge in [-0.05, 0) is 47.6 Å². The summed E-state index contributed by atoms with van der Waals surface area (Å²) in [5, 5.41) is 22.1. The maximum absolute atomic E-state index is 12.5. The number of cyclic esters (lactones) is 1. The van der Waals surface area contributed by atoms with Gasteiger partial charge in [0.25, 0.3) is 5.69 Å². The van der Waals surface area contributed by atoms with Gasteiger partial charge >= 0.3 is 5.97 Å². The molecule has 1 N–H and O–H groups in total. The Labute approximate surface area is 187 Å². The zero-order valence-electron chi connectivity index (χ0n) is 19.4. The molecule has 0 aromatic heterocycles. The number of carbonyl (C=O) groups excluding carboxylic acids is 1. The number of hydrogen-bond acceptors (Lipinski definition) is 6. The van der Waals surface area contributed by atoms with E-state index in [-0.39, 0.29) is 33.9 Å². The first-order chi connectivity index (χ1) is 14.7. The van der Waals surface area contributed by atoms with Gasteiger partial charge < -0.3 is 9.84 Å². The van der Waals surface area contributed by atoms with Crippen LogP contribution in [0.3, 0.4) is 0 Å². The van der Waals surface area contributed by atoms with E-state index in [1.165, 1.54) is 12.1 Å². The second-order valence-corrected chi connectivity index (χ2v) is 10.0. The van der Waals surface area contributed by atoms with Gasteiger partial charge in [0.15, 0.2) is 5.70 Å². The lowest BCUT2D eigenvalue weighted by atomic mass is 9.78. The Kier molecular flexibility index (Phi) is 5.72. The molecular formula is C25H28N2O5. The van der Waals surface area contributed by atoms with Crippen molar-refractivity contribution in [2.24, 2.45) is 4.99 Å². The fraction of sp³-hybridized carbons (Fsp3) is 0.360. The molecule has 0 radical (unpaired) electrons. The zero-order valence-corrected chi connectivity index (χ0v) is 19.4. The number of aromatic hydroxyl groups is 1. The van der Waals surface area contributed by atoms with Crippen molar-refractivity contribution in [2.75, 3.05) is 0 Å². The number of phenolic OH excluding ortho intramolecular Hbond substituents is 1. The highest BCUT2D eigenvalue weighted by Crippen LogP contribution is 2.40. The molecule has 0 saturated carbocycles. The molecular weight excluding hydrogens is 408 g/mol. The highest BCUT2D eigenvalue weighted by atomic mass is 16.6. The van der Waals surface area contributed by atoms with Crippen LogP contribution < -0.4 is 0 Å². The van der Waals surface area contributed by atoms with E-state index in [2.05, 4.69) is 4.99 Å². The molecule has 0 atom stereocenters. The van der Waals surface area contributed by atoms with Gasteiger partial charge in [0.2, 0.25) is 5.90 Å². The largest absolute Gasteiger partial charge is 0.507 e. The molecule has 0 unspecified atom stereocenters. The molecule has 0 aliphatic carbocycles. The number of rotatable bonds is 3. The van der Waals surface area contributed by atoms with Crippen molar-refractivity contribution in [3.05, 3.63) is 74.0 Å². The second kappa shape index (κ2) is 7.89. The predicted molar refractivity (Wildman–Crippen MR) is 124 cm³/mol. The lowest BCUT2D eigenvalue weighted by molar-refractivity contribution is -0.385. The number of nitrogens with zero attached hydrogens (tertiary/aromatic N) is 2. The lowest BCUT2D eigenvalue weighted by Gasteiger charge is -2.27. The summed E-state index contributed by atoms with van der Waals surface area (Å²) in [6, 6.07) is 8.25. The molecule has 168 valence electrons. The van der Waals surface area contributed by atoms with Crippen LogP contribution in [0.4, 0.5) is 5.69 Å². The van der Waals surface area contributed by atoms with Crippen molar-refractivity contribution < 1.29 is 19.6 Å². The SMILES string of the molecule is Cc1c(C2=N/C(=C\c3cc(C(C)(C)C)c(O)c(C(C)(C)C)c3)C(=O)O2)cccc1[N+](=O)[O-]. The smallest absolute Gasteiger partial charge is 0.363 e. The second-order valence-electron chi connectivity index (χ2n) is 10.0. The average Bonchev–Trinajstić information content (AvgIpc) is 3.01. The van der Waals surface area contributed by atoms with Gasteiger partial charge in [0, 0.05) is 28.3 Å². The predicted octanol–water partition coefficient (Wildman–Crippen LogP) is 5.55. The van der Waals surface area contributed by atoms with Gasteiger partial charge in [-0.3, -0.25) is 10.1 Å². The maximum atomic E-state index is 12.5. The fourth-order valence-corrected chi connectivity index (χ4v) is 3.62. The van der Waals surface area contributed by atoms with Crippen molar-refractivity contribution >= 4 is 23.6 Å². The van der Waals surface area contributed by atoms with Crippen LogP contribution in [0, 0.1) is 17.0 Å². The highest BCUT2D eigenvalue weighted by molar-refractivity contribution is 6.13. The quantitative estimate of drug-likeness (QED) is 0.294. The van der Waals surface area contributed by atoms with Crippen LogP contribution >= 0.6 is 0 Å². The maximum Gasteiger partial charge on any atom is 0.363 e. The van der Waals surface area contributed by atoms with Gasteiger partial charge in [-0.15, -0.1) is 0 Å². The van der Waals surface area contributed by atoms with E-state index >= 15 is 0 Å². The van der Waals surface area contributed by atoms with E-state index in [0.29, 0.717) is 16.7 Å². The zero-order chi connectivity index (χ0) is 24.0. The minimum Gasteiger partial charge on any atom is -0.507 e. The summed E-state index contributed by atoms with van der Waals surface area (Å²) in [6.07, 6.45) is 1.62. The highest BCUT2D eigenvalue weighted by Gasteiger charge is 2.29. The van der Waals surface area contributed by atoms with Gasteiger partial charge in [-0.25, -0.2) is 9.79 Å². The molecule has 0 amide bonds.